The molecule has 0 saturated heterocycles. The fourth-order valence-electron chi connectivity index (χ4n) is 2.34. The Hall–Kier alpha value is -3.48. The number of rotatable bonds is 4. The van der Waals surface area contributed by atoms with Gasteiger partial charge in [-0.2, -0.15) is 0 Å². The largest absolute Gasteiger partial charge is 0.457 e. The van der Waals surface area contributed by atoms with Crippen LogP contribution in [0.5, 0.6) is 11.5 Å². The average molecular weight is 310 g/mol. The highest BCUT2D eigenvalue weighted by Gasteiger charge is 2.17. The van der Waals surface area contributed by atoms with Gasteiger partial charge < -0.3 is 21.2 Å². The molecular weight excluding hydrogens is 296 g/mol. The van der Waals surface area contributed by atoms with Crippen LogP contribution < -0.4 is 21.5 Å². The minimum atomic E-state index is -0.792. The number of fused-ring (bicyclic) bond motifs is 1. The smallest absolute Gasteiger partial charge is 0.317 e. The molecule has 1 aromatic heterocycles. The van der Waals surface area contributed by atoms with Crippen LogP contribution in [0.25, 0.3) is 10.9 Å². The van der Waals surface area contributed by atoms with Crippen LogP contribution in [0.3, 0.4) is 0 Å². The standard InChI is InChI=1S/C16H14N4O3/c17-14(21)13-11-7-6-10(23-9-4-2-1-3-5-9)8-12(11)19-15(13)20-16(18)22/h1-8,19H,(H2,17,21)(H3,18,20,22). The first-order valence-electron chi connectivity index (χ1n) is 6.79. The summed E-state index contributed by atoms with van der Waals surface area (Å²) in [6.07, 6.45) is 0. The third-order valence-electron chi connectivity index (χ3n) is 3.24. The first-order chi connectivity index (χ1) is 11.0. The van der Waals surface area contributed by atoms with E-state index in [1.165, 1.54) is 0 Å². The summed E-state index contributed by atoms with van der Waals surface area (Å²) < 4.78 is 5.73. The lowest BCUT2D eigenvalue weighted by atomic mass is 10.1. The number of aromatic amines is 1. The number of nitrogens with two attached hydrogens (primary N) is 2. The number of nitrogens with one attached hydrogen (secondary N) is 2. The van der Waals surface area contributed by atoms with E-state index in [1.54, 1.807) is 18.2 Å². The molecule has 6 N–H and O–H groups in total. The molecule has 3 amide bonds. The molecule has 7 heteroatoms. The van der Waals surface area contributed by atoms with Crippen LogP contribution >= 0.6 is 0 Å². The van der Waals surface area contributed by atoms with Crippen molar-refractivity contribution in [3.05, 3.63) is 54.1 Å². The van der Waals surface area contributed by atoms with Gasteiger partial charge in [-0.05, 0) is 24.3 Å². The Morgan fingerprint density at radius 1 is 1.00 bits per heavy atom. The molecule has 7 nitrogen and oxygen atoms in total. The van der Waals surface area contributed by atoms with Gasteiger partial charge in [-0.3, -0.25) is 10.1 Å². The maximum absolute atomic E-state index is 11.6. The van der Waals surface area contributed by atoms with Crippen LogP contribution in [0.2, 0.25) is 0 Å². The van der Waals surface area contributed by atoms with Gasteiger partial charge in [0.25, 0.3) is 5.91 Å². The Morgan fingerprint density at radius 2 is 1.74 bits per heavy atom. The van der Waals surface area contributed by atoms with Crippen LogP contribution in [-0.4, -0.2) is 16.9 Å². The fourth-order valence-corrected chi connectivity index (χ4v) is 2.34. The van der Waals surface area contributed by atoms with Crippen molar-refractivity contribution in [1.29, 1.82) is 0 Å². The lowest BCUT2D eigenvalue weighted by Gasteiger charge is -2.05. The Morgan fingerprint density at radius 3 is 2.39 bits per heavy atom. The molecule has 3 rings (SSSR count). The number of primary amides is 2. The zero-order valence-electron chi connectivity index (χ0n) is 12.0. The van der Waals surface area contributed by atoms with Gasteiger partial charge in [-0.1, -0.05) is 18.2 Å². The van der Waals surface area contributed by atoms with Crippen LogP contribution in [-0.2, 0) is 0 Å². The molecule has 0 saturated carbocycles. The monoisotopic (exact) mass is 310 g/mol. The van der Waals surface area contributed by atoms with Crippen molar-refractivity contribution in [3.8, 4) is 11.5 Å². The third kappa shape index (κ3) is 2.93. The Bertz CT molecular complexity index is 887. The molecule has 0 atom stereocenters. The highest BCUT2D eigenvalue weighted by atomic mass is 16.5. The van der Waals surface area contributed by atoms with E-state index in [0.717, 1.165) is 0 Å². The van der Waals surface area contributed by atoms with Crippen molar-refractivity contribution in [2.24, 2.45) is 11.5 Å². The second-order valence-corrected chi connectivity index (χ2v) is 4.85. The van der Waals surface area contributed by atoms with Gasteiger partial charge in [0.2, 0.25) is 0 Å². The van der Waals surface area contributed by atoms with Gasteiger partial charge in [0, 0.05) is 11.5 Å². The number of aromatic nitrogens is 1. The van der Waals surface area contributed by atoms with Crippen molar-refractivity contribution >= 4 is 28.7 Å². The molecule has 0 aliphatic carbocycles. The molecule has 0 aliphatic heterocycles. The molecule has 0 radical (unpaired) electrons. The van der Waals surface area contributed by atoms with E-state index in [2.05, 4.69) is 10.3 Å². The fraction of sp³-hybridized carbons (Fsp3) is 0. The molecule has 1 heterocycles. The second-order valence-electron chi connectivity index (χ2n) is 4.85. The van der Waals surface area contributed by atoms with Gasteiger partial charge in [0.15, 0.2) is 0 Å². The van der Waals surface area contributed by atoms with Gasteiger partial charge in [-0.25, -0.2) is 4.79 Å². The second kappa shape index (κ2) is 5.72. The normalized spacial score (nSPS) is 10.4. The van der Waals surface area contributed by atoms with Gasteiger partial charge in [0.1, 0.15) is 17.3 Å². The molecule has 0 spiro atoms. The van der Waals surface area contributed by atoms with Crippen LogP contribution in [0.1, 0.15) is 10.4 Å². The summed E-state index contributed by atoms with van der Waals surface area (Å²) in [6, 6.07) is 13.6. The number of H-pyrrole nitrogens is 1. The van der Waals surface area contributed by atoms with Gasteiger partial charge >= 0.3 is 6.03 Å². The third-order valence-corrected chi connectivity index (χ3v) is 3.24. The summed E-state index contributed by atoms with van der Waals surface area (Å²) in [7, 11) is 0. The summed E-state index contributed by atoms with van der Waals surface area (Å²) in [5.41, 5.74) is 11.2. The number of urea groups is 1. The van der Waals surface area contributed by atoms with E-state index in [-0.39, 0.29) is 11.4 Å². The quantitative estimate of drug-likeness (QED) is 0.592. The number of hydrogen-bond acceptors (Lipinski definition) is 3. The van der Waals surface area contributed by atoms with Crippen LogP contribution in [0.15, 0.2) is 48.5 Å². The molecule has 2 aromatic carbocycles. The molecular formula is C16H14N4O3. The summed E-state index contributed by atoms with van der Waals surface area (Å²) in [5, 5.41) is 2.93. The number of ether oxygens (including phenoxy) is 1. The number of carbonyl (C=O) groups excluding carboxylic acids is 2. The first-order valence-corrected chi connectivity index (χ1v) is 6.79. The average Bonchev–Trinajstić information content (AvgIpc) is 2.84. The van der Waals surface area contributed by atoms with E-state index >= 15 is 0 Å². The number of para-hydroxylation sites is 1. The lowest BCUT2D eigenvalue weighted by molar-refractivity contribution is 0.100. The maximum Gasteiger partial charge on any atom is 0.317 e. The van der Waals surface area contributed by atoms with Crippen molar-refractivity contribution in [2.45, 2.75) is 0 Å². The maximum atomic E-state index is 11.6. The predicted octanol–water partition coefficient (Wildman–Crippen LogP) is 2.55. The zero-order chi connectivity index (χ0) is 16.4. The topological polar surface area (TPSA) is 123 Å². The van der Waals surface area contributed by atoms with E-state index < -0.39 is 11.9 Å². The number of carbonyl (C=O) groups is 2. The van der Waals surface area contributed by atoms with Gasteiger partial charge in [-0.15, -0.1) is 0 Å². The minimum absolute atomic E-state index is 0.164. The molecule has 23 heavy (non-hydrogen) atoms. The van der Waals surface area contributed by atoms with E-state index in [9.17, 15) is 9.59 Å². The van der Waals surface area contributed by atoms with Crippen LogP contribution in [0.4, 0.5) is 10.6 Å². The molecule has 3 aromatic rings. The summed E-state index contributed by atoms with van der Waals surface area (Å²) in [5.74, 6) is 0.754. The summed E-state index contributed by atoms with van der Waals surface area (Å²) in [4.78, 5) is 25.6. The predicted molar refractivity (Wildman–Crippen MR) is 86.5 cm³/mol. The Kier molecular flexibility index (Phi) is 3.60. The van der Waals surface area contributed by atoms with Crippen molar-refractivity contribution in [2.75, 3.05) is 5.32 Å². The van der Waals surface area contributed by atoms with Crippen molar-refractivity contribution in [1.82, 2.24) is 4.98 Å². The number of hydrogen-bond donors (Lipinski definition) is 4. The van der Waals surface area contributed by atoms with Crippen molar-refractivity contribution in [3.63, 3.8) is 0 Å². The number of amides is 3. The Labute approximate surface area is 131 Å². The first kappa shape index (κ1) is 14.5. The van der Waals surface area contributed by atoms with E-state index in [4.69, 9.17) is 16.2 Å². The SMILES string of the molecule is NC(=O)Nc1[nH]c2cc(Oc3ccccc3)ccc2c1C(N)=O. The number of benzene rings is 2. The Balaban J connectivity index is 2.03. The zero-order valence-corrected chi connectivity index (χ0v) is 12.0. The molecule has 0 fully saturated rings. The summed E-state index contributed by atoms with van der Waals surface area (Å²) in [6.45, 7) is 0. The molecule has 116 valence electrons. The molecule has 0 aliphatic rings. The minimum Gasteiger partial charge on any atom is -0.457 e. The number of anilines is 1. The summed E-state index contributed by atoms with van der Waals surface area (Å²) >= 11 is 0. The molecule has 0 unspecified atom stereocenters. The van der Waals surface area contributed by atoms with Crippen LogP contribution in [0, 0.1) is 0 Å². The van der Waals surface area contributed by atoms with E-state index in [0.29, 0.717) is 22.4 Å². The highest BCUT2D eigenvalue weighted by Crippen LogP contribution is 2.30. The molecule has 0 bridgehead atoms. The lowest BCUT2D eigenvalue weighted by Crippen LogP contribution is -2.22. The van der Waals surface area contributed by atoms with Crippen molar-refractivity contribution < 1.29 is 14.3 Å². The van der Waals surface area contributed by atoms with E-state index in [1.807, 2.05) is 30.3 Å². The van der Waals surface area contributed by atoms with Gasteiger partial charge in [0.05, 0.1) is 11.1 Å². The highest BCUT2D eigenvalue weighted by molar-refractivity contribution is 6.13.